The molecule has 1 aliphatic carbocycles. The number of aryl methyl sites for hydroxylation is 1. The van der Waals surface area contributed by atoms with Crippen LogP contribution in [0.1, 0.15) is 42.7 Å². The summed E-state index contributed by atoms with van der Waals surface area (Å²) in [6.07, 6.45) is 6.60. The van der Waals surface area contributed by atoms with Gasteiger partial charge in [-0.25, -0.2) is 0 Å². The minimum atomic E-state index is 0.695. The topological polar surface area (TPSA) is 50.2 Å². The lowest BCUT2D eigenvalue weighted by atomic mass is 9.89. The van der Waals surface area contributed by atoms with Crippen LogP contribution in [0.25, 0.3) is 0 Å². The van der Waals surface area contributed by atoms with Gasteiger partial charge in [0.2, 0.25) is 0 Å². The van der Waals surface area contributed by atoms with Gasteiger partial charge in [0.25, 0.3) is 0 Å². The fourth-order valence-corrected chi connectivity index (χ4v) is 3.72. The molecule has 2 aromatic rings. The predicted molar refractivity (Wildman–Crippen MR) is 97.7 cm³/mol. The fourth-order valence-electron chi connectivity index (χ4n) is 2.91. The first-order valence-corrected chi connectivity index (χ1v) is 9.24. The number of hydrogen-bond acceptors (Lipinski definition) is 4. The maximum Gasteiger partial charge on any atom is 0.146 e. The zero-order valence-corrected chi connectivity index (χ0v) is 14.8. The van der Waals surface area contributed by atoms with Crippen LogP contribution < -0.4 is 5.32 Å². The van der Waals surface area contributed by atoms with Gasteiger partial charge in [-0.3, -0.25) is 4.99 Å². The van der Waals surface area contributed by atoms with E-state index in [2.05, 4.69) is 14.9 Å². The molecule has 4 nitrogen and oxygen atoms in total. The molecule has 0 bridgehead atoms. The molecule has 1 saturated carbocycles. The Bertz CT molecular complexity index is 677. The van der Waals surface area contributed by atoms with E-state index in [-0.39, 0.29) is 0 Å². The van der Waals surface area contributed by atoms with Crippen LogP contribution in [0.4, 0.5) is 5.69 Å². The van der Waals surface area contributed by atoms with Crippen molar-refractivity contribution in [3.8, 4) is 0 Å². The number of benzene rings is 1. The van der Waals surface area contributed by atoms with Crippen molar-refractivity contribution >= 4 is 34.7 Å². The summed E-state index contributed by atoms with van der Waals surface area (Å²) in [4.78, 5) is 5.87. The third kappa shape index (κ3) is 4.52. The highest BCUT2D eigenvalue weighted by molar-refractivity contribution is 7.08. The molecule has 0 spiro atoms. The molecule has 0 unspecified atom stereocenters. The van der Waals surface area contributed by atoms with Crippen LogP contribution in [0.5, 0.6) is 0 Å². The lowest BCUT2D eigenvalue weighted by molar-refractivity contribution is 0.367. The SMILES string of the molecule is Cc1nnsc1C(=NCC1CCCCC1)Nc1cccc(Cl)c1. The molecule has 0 atom stereocenters. The standard InChI is InChI=1S/C17H21ClN4S/c1-12-16(23-22-21-12)17(19-11-13-6-3-2-4-7-13)20-15-9-5-8-14(18)10-15/h5,8-10,13H,2-4,6-7,11H2,1H3,(H,19,20). The van der Waals surface area contributed by atoms with Crippen molar-refractivity contribution in [1.82, 2.24) is 9.59 Å². The summed E-state index contributed by atoms with van der Waals surface area (Å²) in [6.45, 7) is 2.83. The zero-order valence-electron chi connectivity index (χ0n) is 13.3. The fraction of sp³-hybridized carbons (Fsp3) is 0.471. The van der Waals surface area contributed by atoms with Crippen LogP contribution >= 0.6 is 23.1 Å². The van der Waals surface area contributed by atoms with Crippen LogP contribution in [-0.2, 0) is 0 Å². The number of anilines is 1. The molecule has 1 aromatic heterocycles. The van der Waals surface area contributed by atoms with Crippen molar-refractivity contribution in [3.63, 3.8) is 0 Å². The second kappa shape index (κ2) is 7.88. The minimum absolute atomic E-state index is 0.695. The van der Waals surface area contributed by atoms with E-state index in [9.17, 15) is 0 Å². The van der Waals surface area contributed by atoms with Crippen molar-refractivity contribution in [2.75, 3.05) is 11.9 Å². The number of aromatic nitrogens is 2. The van der Waals surface area contributed by atoms with Gasteiger partial charge >= 0.3 is 0 Å². The number of aliphatic imine (C=N–C) groups is 1. The number of halogens is 1. The van der Waals surface area contributed by atoms with Gasteiger partial charge in [-0.05, 0) is 55.4 Å². The predicted octanol–water partition coefficient (Wildman–Crippen LogP) is 4.94. The van der Waals surface area contributed by atoms with E-state index in [1.807, 2.05) is 31.2 Å². The molecule has 1 aliphatic rings. The lowest BCUT2D eigenvalue weighted by Gasteiger charge is -2.20. The third-order valence-electron chi connectivity index (χ3n) is 4.19. The molecule has 0 saturated heterocycles. The summed E-state index contributed by atoms with van der Waals surface area (Å²) < 4.78 is 4.04. The number of rotatable bonds is 4. The van der Waals surface area contributed by atoms with Crippen molar-refractivity contribution < 1.29 is 0 Å². The van der Waals surface area contributed by atoms with Gasteiger partial charge in [0.1, 0.15) is 10.7 Å². The largest absolute Gasteiger partial charge is 0.339 e. The Labute approximate surface area is 146 Å². The average Bonchev–Trinajstić information content (AvgIpc) is 2.98. The van der Waals surface area contributed by atoms with Crippen molar-refractivity contribution in [3.05, 3.63) is 39.9 Å². The lowest BCUT2D eigenvalue weighted by Crippen LogP contribution is -2.17. The van der Waals surface area contributed by atoms with Gasteiger partial charge in [0, 0.05) is 17.3 Å². The molecule has 0 radical (unpaired) electrons. The first-order chi connectivity index (χ1) is 11.2. The Hall–Kier alpha value is -1.46. The highest BCUT2D eigenvalue weighted by Crippen LogP contribution is 2.24. The Morgan fingerprint density at radius 3 is 2.87 bits per heavy atom. The Morgan fingerprint density at radius 1 is 1.35 bits per heavy atom. The van der Waals surface area contributed by atoms with Crippen LogP contribution in [0, 0.1) is 12.8 Å². The first-order valence-electron chi connectivity index (χ1n) is 8.09. The molecule has 1 heterocycles. The minimum Gasteiger partial charge on any atom is -0.339 e. The zero-order chi connectivity index (χ0) is 16.1. The van der Waals surface area contributed by atoms with E-state index in [0.717, 1.165) is 28.6 Å². The molecular formula is C17H21ClN4S. The van der Waals surface area contributed by atoms with E-state index in [1.54, 1.807) is 0 Å². The van der Waals surface area contributed by atoms with E-state index in [1.165, 1.54) is 43.6 Å². The van der Waals surface area contributed by atoms with Gasteiger partial charge in [-0.1, -0.05) is 41.4 Å². The van der Waals surface area contributed by atoms with E-state index in [4.69, 9.17) is 16.6 Å². The van der Waals surface area contributed by atoms with Crippen LogP contribution in [-0.4, -0.2) is 22.0 Å². The summed E-state index contributed by atoms with van der Waals surface area (Å²) in [5.41, 5.74) is 1.85. The normalized spacial score (nSPS) is 16.5. The van der Waals surface area contributed by atoms with E-state index < -0.39 is 0 Å². The first kappa shape index (κ1) is 16.4. The number of nitrogens with one attached hydrogen (secondary N) is 1. The van der Waals surface area contributed by atoms with E-state index >= 15 is 0 Å². The Morgan fingerprint density at radius 2 is 2.17 bits per heavy atom. The number of hydrogen-bond donors (Lipinski definition) is 1. The maximum absolute atomic E-state index is 6.08. The molecule has 1 aromatic carbocycles. The summed E-state index contributed by atoms with van der Waals surface area (Å²) in [7, 11) is 0. The molecule has 1 fully saturated rings. The monoisotopic (exact) mass is 348 g/mol. The van der Waals surface area contributed by atoms with Gasteiger partial charge in [-0.2, -0.15) is 0 Å². The van der Waals surface area contributed by atoms with Crippen LogP contribution in [0.15, 0.2) is 29.3 Å². The van der Waals surface area contributed by atoms with Gasteiger partial charge in [-0.15, -0.1) is 5.10 Å². The molecular weight excluding hydrogens is 328 g/mol. The summed E-state index contributed by atoms with van der Waals surface area (Å²) in [5.74, 6) is 1.55. The third-order valence-corrected chi connectivity index (χ3v) is 5.26. The molecule has 122 valence electrons. The molecule has 23 heavy (non-hydrogen) atoms. The van der Waals surface area contributed by atoms with Crippen LogP contribution in [0.2, 0.25) is 5.02 Å². The second-order valence-electron chi connectivity index (χ2n) is 6.02. The summed E-state index contributed by atoms with van der Waals surface area (Å²) >= 11 is 7.46. The van der Waals surface area contributed by atoms with Crippen LogP contribution in [0.3, 0.4) is 0 Å². The second-order valence-corrected chi connectivity index (χ2v) is 7.21. The molecule has 3 rings (SSSR count). The van der Waals surface area contributed by atoms with Gasteiger partial charge in [0.05, 0.1) is 5.69 Å². The van der Waals surface area contributed by atoms with Gasteiger partial charge in [0.15, 0.2) is 0 Å². The summed E-state index contributed by atoms with van der Waals surface area (Å²) in [5, 5.41) is 8.22. The molecule has 0 amide bonds. The van der Waals surface area contributed by atoms with Crippen molar-refractivity contribution in [2.45, 2.75) is 39.0 Å². The van der Waals surface area contributed by atoms with E-state index in [0.29, 0.717) is 10.9 Å². The van der Waals surface area contributed by atoms with Crippen molar-refractivity contribution in [2.24, 2.45) is 10.9 Å². The number of nitrogens with zero attached hydrogens (tertiary/aromatic N) is 3. The highest BCUT2D eigenvalue weighted by atomic mass is 35.5. The van der Waals surface area contributed by atoms with Gasteiger partial charge < -0.3 is 5.32 Å². The van der Waals surface area contributed by atoms with Crippen molar-refractivity contribution in [1.29, 1.82) is 0 Å². The molecule has 6 heteroatoms. The maximum atomic E-state index is 6.08. The Kier molecular flexibility index (Phi) is 5.62. The summed E-state index contributed by atoms with van der Waals surface area (Å²) in [6, 6.07) is 7.69. The smallest absolute Gasteiger partial charge is 0.146 e. The highest BCUT2D eigenvalue weighted by Gasteiger charge is 2.16. The quantitative estimate of drug-likeness (QED) is 0.629. The average molecular weight is 349 g/mol. The molecule has 1 N–H and O–H groups in total. The molecule has 0 aliphatic heterocycles. The Balaban J connectivity index is 1.80. The number of amidine groups is 1.